The average molecular weight is 503 g/mol. The Balaban J connectivity index is 1.53. The van der Waals surface area contributed by atoms with E-state index < -0.39 is 35.7 Å². The molecule has 9 nitrogen and oxygen atoms in total. The van der Waals surface area contributed by atoms with E-state index in [-0.39, 0.29) is 17.7 Å². The monoisotopic (exact) mass is 503 g/mol. The van der Waals surface area contributed by atoms with Gasteiger partial charge in [-0.1, -0.05) is 18.2 Å². The van der Waals surface area contributed by atoms with E-state index >= 15 is 0 Å². The number of hydrogen-bond donors (Lipinski definition) is 2. The molecule has 2 amide bonds. The summed E-state index contributed by atoms with van der Waals surface area (Å²) in [5.41, 5.74) is 0.102. The summed E-state index contributed by atoms with van der Waals surface area (Å²) in [5.74, 6) is -2.90. The average Bonchev–Trinajstić information content (AvgIpc) is 3.31. The number of carbonyl (C=O) groups excluding carboxylic acids is 2. The second kappa shape index (κ2) is 10.4. The number of piperazine rings is 1. The predicted octanol–water partition coefficient (Wildman–Crippen LogP) is 4.50. The molecule has 4 rings (SSSR count). The summed E-state index contributed by atoms with van der Waals surface area (Å²) < 4.78 is 50.8. The number of pyridine rings is 1. The molecule has 2 aromatic heterocycles. The van der Waals surface area contributed by atoms with Crippen molar-refractivity contribution in [3.63, 3.8) is 0 Å². The molecule has 1 aromatic carbocycles. The number of oxazole rings is 1. The van der Waals surface area contributed by atoms with Crippen LogP contribution in [-0.4, -0.2) is 52.6 Å². The standard InChI is InChI=1S/C24H24F3N5O4/c1-14(2)35-23(34)32-11-10-28-13-18(32)17-9-8-16(12-29-17)30-21(33)19-20(24(25,26)27)36-22(31-19)15-6-4-3-5-7-15/h3-9,12,14,18,28H,10-11,13H2,1-2H3,(H,30,33). The third-order valence-corrected chi connectivity index (χ3v) is 5.32. The fourth-order valence-corrected chi connectivity index (χ4v) is 3.69. The molecule has 36 heavy (non-hydrogen) atoms. The summed E-state index contributed by atoms with van der Waals surface area (Å²) in [5, 5.41) is 5.57. The highest BCUT2D eigenvalue weighted by atomic mass is 19.4. The van der Waals surface area contributed by atoms with Gasteiger partial charge < -0.3 is 19.8 Å². The minimum atomic E-state index is -4.92. The number of anilines is 1. The maximum absolute atomic E-state index is 13.5. The van der Waals surface area contributed by atoms with Gasteiger partial charge >= 0.3 is 12.3 Å². The number of aromatic nitrogens is 2. The Morgan fingerprint density at radius 1 is 1.19 bits per heavy atom. The zero-order chi connectivity index (χ0) is 25.9. The van der Waals surface area contributed by atoms with Crippen molar-refractivity contribution in [2.24, 2.45) is 0 Å². The molecule has 0 spiro atoms. The first-order valence-corrected chi connectivity index (χ1v) is 11.2. The van der Waals surface area contributed by atoms with Crippen LogP contribution in [0, 0.1) is 0 Å². The topological polar surface area (TPSA) is 110 Å². The van der Waals surface area contributed by atoms with Crippen LogP contribution in [0.3, 0.4) is 0 Å². The summed E-state index contributed by atoms with van der Waals surface area (Å²) in [4.78, 5) is 34.9. The van der Waals surface area contributed by atoms with Crippen molar-refractivity contribution in [1.82, 2.24) is 20.2 Å². The Hall–Kier alpha value is -3.93. The Kier molecular flexibility index (Phi) is 7.25. The highest BCUT2D eigenvalue weighted by Crippen LogP contribution is 2.35. The summed E-state index contributed by atoms with van der Waals surface area (Å²) in [7, 11) is 0. The van der Waals surface area contributed by atoms with Crippen LogP contribution in [0.2, 0.25) is 0 Å². The molecule has 3 aromatic rings. The SMILES string of the molecule is CC(C)OC(=O)N1CCNCC1c1ccc(NC(=O)c2nc(-c3ccccc3)oc2C(F)(F)F)cn1. The normalized spacial score (nSPS) is 16.2. The van der Waals surface area contributed by atoms with Gasteiger partial charge in [0, 0.05) is 25.2 Å². The molecule has 1 aliphatic rings. The van der Waals surface area contributed by atoms with Crippen molar-refractivity contribution in [1.29, 1.82) is 0 Å². The zero-order valence-electron chi connectivity index (χ0n) is 19.5. The Bertz CT molecular complexity index is 1210. The van der Waals surface area contributed by atoms with E-state index in [0.29, 0.717) is 30.9 Å². The van der Waals surface area contributed by atoms with Crippen LogP contribution in [0.5, 0.6) is 0 Å². The number of halogens is 3. The number of alkyl halides is 3. The fourth-order valence-electron chi connectivity index (χ4n) is 3.69. The maximum atomic E-state index is 13.5. The highest BCUT2D eigenvalue weighted by molar-refractivity contribution is 6.03. The lowest BCUT2D eigenvalue weighted by Crippen LogP contribution is -2.49. The summed E-state index contributed by atoms with van der Waals surface area (Å²) in [6.45, 7) is 4.98. The predicted molar refractivity (Wildman–Crippen MR) is 123 cm³/mol. The largest absolute Gasteiger partial charge is 0.452 e. The van der Waals surface area contributed by atoms with Gasteiger partial charge in [-0.05, 0) is 38.1 Å². The third kappa shape index (κ3) is 5.65. The first-order chi connectivity index (χ1) is 17.1. The van der Waals surface area contributed by atoms with E-state index in [1.165, 1.54) is 24.4 Å². The molecule has 2 N–H and O–H groups in total. The van der Waals surface area contributed by atoms with Gasteiger partial charge in [0.05, 0.1) is 29.7 Å². The number of nitrogens with zero attached hydrogens (tertiary/aromatic N) is 3. The van der Waals surface area contributed by atoms with Gasteiger partial charge in [0.15, 0.2) is 5.69 Å². The minimum absolute atomic E-state index is 0.154. The number of carbonyl (C=O) groups is 2. The fraction of sp³-hybridized carbons (Fsp3) is 0.333. The summed E-state index contributed by atoms with van der Waals surface area (Å²) in [6.07, 6.45) is -4.36. The van der Waals surface area contributed by atoms with Crippen molar-refractivity contribution in [2.75, 3.05) is 25.0 Å². The van der Waals surface area contributed by atoms with Gasteiger partial charge in [0.2, 0.25) is 11.7 Å². The molecule has 12 heteroatoms. The lowest BCUT2D eigenvalue weighted by Gasteiger charge is -2.35. The molecule has 1 saturated heterocycles. The van der Waals surface area contributed by atoms with Crippen LogP contribution >= 0.6 is 0 Å². The molecule has 190 valence electrons. The lowest BCUT2D eigenvalue weighted by atomic mass is 10.1. The van der Waals surface area contributed by atoms with Crippen molar-refractivity contribution in [2.45, 2.75) is 32.2 Å². The van der Waals surface area contributed by atoms with Crippen LogP contribution in [0.1, 0.15) is 41.8 Å². The van der Waals surface area contributed by atoms with E-state index in [1.54, 1.807) is 43.0 Å². The second-order valence-electron chi connectivity index (χ2n) is 8.33. The highest BCUT2D eigenvalue weighted by Gasteiger charge is 2.42. The number of rotatable bonds is 5. The smallest absolute Gasteiger partial charge is 0.447 e. The van der Waals surface area contributed by atoms with Gasteiger partial charge in [-0.2, -0.15) is 13.2 Å². The van der Waals surface area contributed by atoms with E-state index in [2.05, 4.69) is 20.6 Å². The molecule has 0 aliphatic carbocycles. The first kappa shape index (κ1) is 25.2. The van der Waals surface area contributed by atoms with Crippen molar-refractivity contribution in [3.8, 4) is 11.5 Å². The number of ether oxygens (including phenoxy) is 1. The van der Waals surface area contributed by atoms with Gasteiger partial charge in [-0.25, -0.2) is 9.78 Å². The van der Waals surface area contributed by atoms with Crippen molar-refractivity contribution in [3.05, 3.63) is 65.8 Å². The molecule has 0 radical (unpaired) electrons. The van der Waals surface area contributed by atoms with Gasteiger partial charge in [-0.3, -0.25) is 14.7 Å². The van der Waals surface area contributed by atoms with E-state index in [9.17, 15) is 22.8 Å². The number of benzene rings is 1. The minimum Gasteiger partial charge on any atom is -0.447 e. The number of hydrogen-bond acceptors (Lipinski definition) is 7. The molecule has 0 saturated carbocycles. The summed E-state index contributed by atoms with van der Waals surface area (Å²) in [6, 6.07) is 10.6. The van der Waals surface area contributed by atoms with Gasteiger partial charge in [0.1, 0.15) is 0 Å². The van der Waals surface area contributed by atoms with Crippen LogP contribution in [0.25, 0.3) is 11.5 Å². The van der Waals surface area contributed by atoms with Crippen molar-refractivity contribution >= 4 is 17.7 Å². The van der Waals surface area contributed by atoms with Crippen LogP contribution < -0.4 is 10.6 Å². The number of amides is 2. The first-order valence-electron chi connectivity index (χ1n) is 11.2. The molecule has 1 atom stereocenters. The third-order valence-electron chi connectivity index (χ3n) is 5.32. The summed E-state index contributed by atoms with van der Waals surface area (Å²) >= 11 is 0. The zero-order valence-corrected chi connectivity index (χ0v) is 19.5. The molecule has 1 unspecified atom stereocenters. The van der Waals surface area contributed by atoms with E-state index in [1.807, 2.05) is 0 Å². The Labute approximate surface area is 204 Å². The molecular formula is C24H24F3N5O4. The van der Waals surface area contributed by atoms with Crippen LogP contribution in [0.4, 0.5) is 23.7 Å². The Morgan fingerprint density at radius 3 is 2.58 bits per heavy atom. The Morgan fingerprint density at radius 2 is 1.94 bits per heavy atom. The maximum Gasteiger partial charge on any atom is 0.452 e. The van der Waals surface area contributed by atoms with Gasteiger partial charge in [0.25, 0.3) is 5.91 Å². The second-order valence-corrected chi connectivity index (χ2v) is 8.33. The van der Waals surface area contributed by atoms with Crippen molar-refractivity contribution < 1.29 is 31.9 Å². The molecule has 1 aliphatic heterocycles. The van der Waals surface area contributed by atoms with E-state index in [0.717, 1.165) is 0 Å². The number of nitrogens with one attached hydrogen (secondary N) is 2. The van der Waals surface area contributed by atoms with Crippen LogP contribution in [0.15, 0.2) is 53.1 Å². The molecular weight excluding hydrogens is 479 g/mol. The molecule has 1 fully saturated rings. The lowest BCUT2D eigenvalue weighted by molar-refractivity contribution is -0.153. The van der Waals surface area contributed by atoms with Crippen LogP contribution in [-0.2, 0) is 10.9 Å². The molecule has 3 heterocycles. The quantitative estimate of drug-likeness (QED) is 0.528. The van der Waals surface area contributed by atoms with E-state index in [4.69, 9.17) is 9.15 Å². The van der Waals surface area contributed by atoms with Gasteiger partial charge in [-0.15, -0.1) is 0 Å². The molecule has 0 bridgehead atoms.